The highest BCUT2D eigenvalue weighted by Crippen LogP contribution is 2.19. The maximum Gasteiger partial charge on any atom is 0.195 e. The Morgan fingerprint density at radius 3 is 2.48 bits per heavy atom. The molecule has 110 valence electrons. The van der Waals surface area contributed by atoms with Crippen molar-refractivity contribution in [2.45, 2.75) is 27.2 Å². The molecule has 0 aliphatic heterocycles. The molecule has 0 atom stereocenters. The molecule has 0 bridgehead atoms. The highest BCUT2D eigenvalue weighted by atomic mass is 19.1. The smallest absolute Gasteiger partial charge is 0.195 e. The fourth-order valence-electron chi connectivity index (χ4n) is 2.30. The van der Waals surface area contributed by atoms with Gasteiger partial charge in [0.05, 0.1) is 5.56 Å². The highest BCUT2D eigenvalue weighted by molar-refractivity contribution is 6.09. The third kappa shape index (κ3) is 3.54. The quantitative estimate of drug-likeness (QED) is 0.745. The molecule has 2 aromatic rings. The molecule has 0 radical (unpaired) electrons. The normalized spacial score (nSPS) is 11.0. The van der Waals surface area contributed by atoms with Crippen LogP contribution in [0, 0.1) is 24.5 Å². The lowest BCUT2D eigenvalue weighted by atomic mass is 9.96. The van der Waals surface area contributed by atoms with Gasteiger partial charge in [0.15, 0.2) is 5.78 Å². The van der Waals surface area contributed by atoms with Gasteiger partial charge in [0.25, 0.3) is 0 Å². The standard InChI is InChI=1S/C18H18F2O/c1-11(2)7-13-5-4-6-14(9-13)18(21)15-8-12(3)16(19)10-17(15)20/h4-6,8-11H,7H2,1-3H3. The number of carbonyl (C=O) groups is 1. The largest absolute Gasteiger partial charge is 0.288 e. The van der Waals surface area contributed by atoms with Crippen LogP contribution in [0.2, 0.25) is 0 Å². The maximum atomic E-state index is 13.8. The molecule has 21 heavy (non-hydrogen) atoms. The molecule has 0 heterocycles. The number of hydrogen-bond acceptors (Lipinski definition) is 1. The van der Waals surface area contributed by atoms with Gasteiger partial charge in [-0.15, -0.1) is 0 Å². The monoisotopic (exact) mass is 288 g/mol. The minimum absolute atomic E-state index is 0.0874. The van der Waals surface area contributed by atoms with Gasteiger partial charge < -0.3 is 0 Å². The number of halogens is 2. The van der Waals surface area contributed by atoms with E-state index in [9.17, 15) is 13.6 Å². The molecule has 3 heteroatoms. The third-order valence-corrected chi connectivity index (χ3v) is 3.33. The van der Waals surface area contributed by atoms with E-state index in [4.69, 9.17) is 0 Å². The van der Waals surface area contributed by atoms with Gasteiger partial charge in [-0.05, 0) is 42.5 Å². The lowest BCUT2D eigenvalue weighted by Crippen LogP contribution is -2.07. The molecule has 0 saturated carbocycles. The van der Waals surface area contributed by atoms with Gasteiger partial charge in [0.2, 0.25) is 0 Å². The van der Waals surface area contributed by atoms with E-state index in [1.807, 2.05) is 6.07 Å². The molecular formula is C18H18F2O. The predicted molar refractivity (Wildman–Crippen MR) is 79.5 cm³/mol. The van der Waals surface area contributed by atoms with Crippen LogP contribution in [0.25, 0.3) is 0 Å². The van der Waals surface area contributed by atoms with E-state index in [0.717, 1.165) is 18.1 Å². The first kappa shape index (κ1) is 15.4. The minimum atomic E-state index is -0.822. The van der Waals surface area contributed by atoms with Crippen LogP contribution >= 0.6 is 0 Å². The second kappa shape index (κ2) is 6.17. The summed E-state index contributed by atoms with van der Waals surface area (Å²) in [6.07, 6.45) is 0.853. The average molecular weight is 288 g/mol. The van der Waals surface area contributed by atoms with Crippen molar-refractivity contribution in [2.24, 2.45) is 5.92 Å². The summed E-state index contributed by atoms with van der Waals surface area (Å²) in [5.74, 6) is -1.41. The number of rotatable bonds is 4. The van der Waals surface area contributed by atoms with Gasteiger partial charge in [-0.1, -0.05) is 32.0 Å². The Morgan fingerprint density at radius 1 is 1.10 bits per heavy atom. The van der Waals surface area contributed by atoms with E-state index >= 15 is 0 Å². The lowest BCUT2D eigenvalue weighted by molar-refractivity contribution is 0.103. The summed E-state index contributed by atoms with van der Waals surface area (Å²) in [6, 6.07) is 9.20. The molecule has 0 spiro atoms. The molecule has 1 nitrogen and oxygen atoms in total. The van der Waals surface area contributed by atoms with Crippen molar-refractivity contribution < 1.29 is 13.6 Å². The highest BCUT2D eigenvalue weighted by Gasteiger charge is 2.16. The Morgan fingerprint density at radius 2 is 1.81 bits per heavy atom. The van der Waals surface area contributed by atoms with E-state index < -0.39 is 17.4 Å². The van der Waals surface area contributed by atoms with Crippen LogP contribution in [0.3, 0.4) is 0 Å². The first-order valence-electron chi connectivity index (χ1n) is 6.97. The molecule has 0 aromatic heterocycles. The lowest BCUT2D eigenvalue weighted by Gasteiger charge is -2.08. The van der Waals surface area contributed by atoms with Crippen molar-refractivity contribution in [3.8, 4) is 0 Å². The summed E-state index contributed by atoms with van der Waals surface area (Å²) in [4.78, 5) is 12.4. The van der Waals surface area contributed by atoms with Crippen molar-refractivity contribution in [1.29, 1.82) is 0 Å². The van der Waals surface area contributed by atoms with Gasteiger partial charge >= 0.3 is 0 Å². The van der Waals surface area contributed by atoms with Gasteiger partial charge in [0.1, 0.15) is 11.6 Å². The molecular weight excluding hydrogens is 270 g/mol. The summed E-state index contributed by atoms with van der Waals surface area (Å²) in [7, 11) is 0. The number of ketones is 1. The molecule has 0 amide bonds. The summed E-state index contributed by atoms with van der Waals surface area (Å²) < 4.78 is 27.1. The minimum Gasteiger partial charge on any atom is -0.288 e. The van der Waals surface area contributed by atoms with Crippen LogP contribution in [0.4, 0.5) is 8.78 Å². The summed E-state index contributed by atoms with van der Waals surface area (Å²) >= 11 is 0. The molecule has 0 aliphatic rings. The zero-order valence-electron chi connectivity index (χ0n) is 12.4. The van der Waals surface area contributed by atoms with Crippen LogP contribution in [-0.4, -0.2) is 5.78 Å². The topological polar surface area (TPSA) is 17.1 Å². The number of hydrogen-bond donors (Lipinski definition) is 0. The molecule has 2 aromatic carbocycles. The molecule has 0 unspecified atom stereocenters. The van der Waals surface area contributed by atoms with Crippen molar-refractivity contribution in [1.82, 2.24) is 0 Å². The third-order valence-electron chi connectivity index (χ3n) is 3.33. The Labute approximate surface area is 123 Å². The van der Waals surface area contributed by atoms with E-state index in [2.05, 4.69) is 13.8 Å². The van der Waals surface area contributed by atoms with E-state index in [1.54, 1.807) is 18.2 Å². The summed E-state index contributed by atoms with van der Waals surface area (Å²) in [5.41, 5.74) is 1.64. The second-order valence-electron chi connectivity index (χ2n) is 5.71. The zero-order chi connectivity index (χ0) is 15.6. The van der Waals surface area contributed by atoms with Gasteiger partial charge in [0, 0.05) is 11.6 Å². The Kier molecular flexibility index (Phi) is 4.51. The van der Waals surface area contributed by atoms with Gasteiger partial charge in [-0.25, -0.2) is 8.78 Å². The number of aryl methyl sites for hydroxylation is 1. The van der Waals surface area contributed by atoms with Gasteiger partial charge in [-0.3, -0.25) is 4.79 Å². The summed E-state index contributed by atoms with van der Waals surface area (Å²) in [5, 5.41) is 0. The van der Waals surface area contributed by atoms with Crippen LogP contribution in [0.5, 0.6) is 0 Å². The van der Waals surface area contributed by atoms with E-state index in [1.165, 1.54) is 13.0 Å². The molecule has 0 aliphatic carbocycles. The Bertz CT molecular complexity index is 675. The first-order chi connectivity index (χ1) is 9.88. The van der Waals surface area contributed by atoms with Crippen LogP contribution < -0.4 is 0 Å². The fraction of sp³-hybridized carbons (Fsp3) is 0.278. The van der Waals surface area contributed by atoms with Crippen LogP contribution in [0.1, 0.15) is 40.9 Å². The Balaban J connectivity index is 2.38. The average Bonchev–Trinajstić information content (AvgIpc) is 2.41. The van der Waals surface area contributed by atoms with Crippen molar-refractivity contribution >= 4 is 5.78 Å². The molecule has 0 saturated heterocycles. The van der Waals surface area contributed by atoms with Gasteiger partial charge in [-0.2, -0.15) is 0 Å². The first-order valence-corrected chi connectivity index (χ1v) is 6.97. The van der Waals surface area contributed by atoms with Crippen molar-refractivity contribution in [2.75, 3.05) is 0 Å². The maximum absolute atomic E-state index is 13.8. The van der Waals surface area contributed by atoms with Crippen molar-refractivity contribution in [3.63, 3.8) is 0 Å². The second-order valence-corrected chi connectivity index (χ2v) is 5.71. The SMILES string of the molecule is Cc1cc(C(=O)c2cccc(CC(C)C)c2)c(F)cc1F. The van der Waals surface area contributed by atoms with Crippen LogP contribution in [-0.2, 0) is 6.42 Å². The predicted octanol–water partition coefficient (Wildman–Crippen LogP) is 4.70. The number of benzene rings is 2. The van der Waals surface area contributed by atoms with Crippen molar-refractivity contribution in [3.05, 3.63) is 70.3 Å². The molecule has 0 N–H and O–H groups in total. The van der Waals surface area contributed by atoms with Crippen LogP contribution in [0.15, 0.2) is 36.4 Å². The fourth-order valence-corrected chi connectivity index (χ4v) is 2.30. The summed E-state index contributed by atoms with van der Waals surface area (Å²) in [6.45, 7) is 5.70. The zero-order valence-corrected chi connectivity index (χ0v) is 12.4. The molecule has 0 fully saturated rings. The molecule has 2 rings (SSSR count). The Hall–Kier alpha value is -2.03. The van der Waals surface area contributed by atoms with E-state index in [-0.39, 0.29) is 11.1 Å². The van der Waals surface area contributed by atoms with E-state index in [0.29, 0.717) is 11.5 Å². The number of carbonyl (C=O) groups excluding carboxylic acids is 1.